The summed E-state index contributed by atoms with van der Waals surface area (Å²) in [4.78, 5) is -0.155. The van der Waals surface area contributed by atoms with Gasteiger partial charge in [0, 0.05) is 5.56 Å². The Kier molecular flexibility index (Phi) is 3.88. The number of aliphatic hydroxyl groups is 1. The van der Waals surface area contributed by atoms with E-state index in [-0.39, 0.29) is 4.90 Å². The average Bonchev–Trinajstić information content (AvgIpc) is 2.29. The molecule has 0 unspecified atom stereocenters. The highest BCUT2D eigenvalue weighted by Crippen LogP contribution is 2.29. The van der Waals surface area contributed by atoms with Crippen molar-refractivity contribution in [3.05, 3.63) is 29.8 Å². The van der Waals surface area contributed by atoms with Gasteiger partial charge in [0.15, 0.2) is 9.84 Å². The molecule has 0 aliphatic rings. The SMILES string of the molecule is CC(C)S(=O)(=O)c1cccc(C(F)(F)CO)c1. The predicted octanol–water partition coefficient (Wildman–Crippen LogP) is 1.95. The molecule has 0 aliphatic heterocycles. The van der Waals surface area contributed by atoms with Crippen LogP contribution in [0.1, 0.15) is 19.4 Å². The number of rotatable bonds is 4. The summed E-state index contributed by atoms with van der Waals surface area (Å²) < 4.78 is 50.0. The van der Waals surface area contributed by atoms with Crippen molar-refractivity contribution in [2.75, 3.05) is 6.61 Å². The molecule has 0 saturated carbocycles. The molecule has 0 saturated heterocycles. The molecule has 6 heteroatoms. The smallest absolute Gasteiger partial charge is 0.295 e. The normalized spacial score (nSPS) is 13.1. The van der Waals surface area contributed by atoms with Gasteiger partial charge < -0.3 is 5.11 Å². The van der Waals surface area contributed by atoms with Crippen LogP contribution in [0, 0.1) is 0 Å². The third-order valence-electron chi connectivity index (χ3n) is 2.40. The highest BCUT2D eigenvalue weighted by atomic mass is 32.2. The van der Waals surface area contributed by atoms with E-state index in [0.717, 1.165) is 12.1 Å². The van der Waals surface area contributed by atoms with E-state index < -0.39 is 33.2 Å². The van der Waals surface area contributed by atoms with Crippen molar-refractivity contribution in [1.82, 2.24) is 0 Å². The molecule has 0 amide bonds. The molecular weight excluding hydrogens is 250 g/mol. The van der Waals surface area contributed by atoms with Gasteiger partial charge in [-0.1, -0.05) is 12.1 Å². The van der Waals surface area contributed by atoms with Gasteiger partial charge in [0.25, 0.3) is 5.92 Å². The lowest BCUT2D eigenvalue weighted by Gasteiger charge is -2.15. The first-order valence-corrected chi connectivity index (χ1v) is 6.59. The minimum Gasteiger partial charge on any atom is -0.390 e. The Hall–Kier alpha value is -1.01. The standard InChI is InChI=1S/C11H14F2O3S/c1-8(2)17(15,16)10-5-3-4-9(6-10)11(12,13)7-14/h3-6,8,14H,7H2,1-2H3. The van der Waals surface area contributed by atoms with Gasteiger partial charge in [-0.15, -0.1) is 0 Å². The summed E-state index contributed by atoms with van der Waals surface area (Å²) in [6.45, 7) is 1.61. The Bertz CT molecular complexity index is 495. The largest absolute Gasteiger partial charge is 0.390 e. The zero-order valence-corrected chi connectivity index (χ0v) is 10.3. The molecule has 0 fully saturated rings. The lowest BCUT2D eigenvalue weighted by Crippen LogP contribution is -2.20. The molecule has 1 aromatic rings. The van der Waals surface area contributed by atoms with Crippen LogP contribution in [0.4, 0.5) is 8.78 Å². The fraction of sp³-hybridized carbons (Fsp3) is 0.455. The van der Waals surface area contributed by atoms with Crippen LogP contribution < -0.4 is 0 Å². The van der Waals surface area contributed by atoms with E-state index in [1.54, 1.807) is 0 Å². The summed E-state index contributed by atoms with van der Waals surface area (Å²) >= 11 is 0. The number of hydrogen-bond donors (Lipinski definition) is 1. The topological polar surface area (TPSA) is 54.4 Å². The third-order valence-corrected chi connectivity index (χ3v) is 4.56. The van der Waals surface area contributed by atoms with Crippen molar-refractivity contribution >= 4 is 9.84 Å². The molecule has 0 aliphatic carbocycles. The molecule has 1 aromatic carbocycles. The van der Waals surface area contributed by atoms with E-state index in [4.69, 9.17) is 5.11 Å². The van der Waals surface area contributed by atoms with Crippen LogP contribution in [-0.2, 0) is 15.8 Å². The summed E-state index contributed by atoms with van der Waals surface area (Å²) in [5, 5.41) is 7.87. The zero-order valence-electron chi connectivity index (χ0n) is 9.52. The fourth-order valence-corrected chi connectivity index (χ4v) is 2.37. The van der Waals surface area contributed by atoms with Crippen molar-refractivity contribution in [2.45, 2.75) is 29.9 Å². The summed E-state index contributed by atoms with van der Waals surface area (Å²) in [7, 11) is -3.58. The lowest BCUT2D eigenvalue weighted by molar-refractivity contribution is -0.0557. The Balaban J connectivity index is 3.29. The van der Waals surface area contributed by atoms with E-state index >= 15 is 0 Å². The number of benzene rings is 1. The van der Waals surface area contributed by atoms with Gasteiger partial charge in [0.2, 0.25) is 0 Å². The average molecular weight is 264 g/mol. The highest BCUT2D eigenvalue weighted by molar-refractivity contribution is 7.92. The number of alkyl halides is 2. The summed E-state index contributed by atoms with van der Waals surface area (Å²) in [5.41, 5.74) is -0.498. The third kappa shape index (κ3) is 2.81. The zero-order chi connectivity index (χ0) is 13.3. The molecule has 17 heavy (non-hydrogen) atoms. The monoisotopic (exact) mass is 264 g/mol. The second-order valence-electron chi connectivity index (χ2n) is 3.98. The highest BCUT2D eigenvalue weighted by Gasteiger charge is 2.32. The van der Waals surface area contributed by atoms with E-state index in [1.165, 1.54) is 26.0 Å². The fourth-order valence-electron chi connectivity index (χ4n) is 1.26. The molecule has 1 rings (SSSR count). The van der Waals surface area contributed by atoms with Crippen LogP contribution in [0.2, 0.25) is 0 Å². The number of sulfone groups is 1. The maximum absolute atomic E-state index is 13.2. The molecular formula is C11H14F2O3S. The Morgan fingerprint density at radius 2 is 1.94 bits per heavy atom. The van der Waals surface area contributed by atoms with Crippen molar-refractivity contribution in [2.24, 2.45) is 0 Å². The van der Waals surface area contributed by atoms with E-state index in [0.29, 0.717) is 0 Å². The maximum Gasteiger partial charge on any atom is 0.295 e. The minimum atomic E-state index is -3.58. The van der Waals surface area contributed by atoms with Gasteiger partial charge >= 0.3 is 0 Å². The van der Waals surface area contributed by atoms with Gasteiger partial charge in [-0.05, 0) is 26.0 Å². The second-order valence-corrected chi connectivity index (χ2v) is 6.49. The quantitative estimate of drug-likeness (QED) is 0.904. The minimum absolute atomic E-state index is 0.155. The molecule has 96 valence electrons. The van der Waals surface area contributed by atoms with E-state index in [1.807, 2.05) is 0 Å². The van der Waals surface area contributed by atoms with Crippen LogP contribution in [0.25, 0.3) is 0 Å². The molecule has 0 radical (unpaired) electrons. The number of aliphatic hydroxyl groups excluding tert-OH is 1. The van der Waals surface area contributed by atoms with Gasteiger partial charge in [0.1, 0.15) is 6.61 Å². The van der Waals surface area contributed by atoms with Crippen molar-refractivity contribution in [1.29, 1.82) is 0 Å². The Morgan fingerprint density at radius 3 is 2.41 bits per heavy atom. The van der Waals surface area contributed by atoms with E-state index in [2.05, 4.69) is 0 Å². The second kappa shape index (κ2) is 4.70. The number of halogens is 2. The van der Waals surface area contributed by atoms with Crippen molar-refractivity contribution in [3.63, 3.8) is 0 Å². The van der Waals surface area contributed by atoms with Crippen LogP contribution in [-0.4, -0.2) is 25.4 Å². The van der Waals surface area contributed by atoms with E-state index in [9.17, 15) is 17.2 Å². The Labute approximate surface area is 99.0 Å². The first-order chi connectivity index (χ1) is 7.71. The van der Waals surface area contributed by atoms with Crippen molar-refractivity contribution in [3.8, 4) is 0 Å². The van der Waals surface area contributed by atoms with Gasteiger partial charge in [0.05, 0.1) is 10.1 Å². The predicted molar refractivity (Wildman–Crippen MR) is 59.7 cm³/mol. The Morgan fingerprint density at radius 1 is 1.35 bits per heavy atom. The van der Waals surface area contributed by atoms with Crippen LogP contribution >= 0.6 is 0 Å². The van der Waals surface area contributed by atoms with Crippen LogP contribution in [0.3, 0.4) is 0 Å². The molecule has 0 heterocycles. The molecule has 0 spiro atoms. The maximum atomic E-state index is 13.2. The molecule has 3 nitrogen and oxygen atoms in total. The summed E-state index contributed by atoms with van der Waals surface area (Å²) in [6, 6.07) is 4.52. The first-order valence-electron chi connectivity index (χ1n) is 5.05. The van der Waals surface area contributed by atoms with Gasteiger partial charge in [-0.25, -0.2) is 8.42 Å². The molecule has 1 N–H and O–H groups in total. The number of hydrogen-bond acceptors (Lipinski definition) is 3. The summed E-state index contributed by atoms with van der Waals surface area (Å²) in [5.74, 6) is -3.43. The van der Waals surface area contributed by atoms with Crippen LogP contribution in [0.15, 0.2) is 29.2 Å². The first kappa shape index (κ1) is 14.1. The molecule has 0 atom stereocenters. The summed E-state index contributed by atoms with van der Waals surface area (Å²) in [6.07, 6.45) is 0. The van der Waals surface area contributed by atoms with Gasteiger partial charge in [-0.2, -0.15) is 8.78 Å². The molecule has 0 bridgehead atoms. The lowest BCUT2D eigenvalue weighted by atomic mass is 10.1. The van der Waals surface area contributed by atoms with Gasteiger partial charge in [-0.3, -0.25) is 0 Å². The molecule has 0 aromatic heterocycles. The van der Waals surface area contributed by atoms with Crippen LogP contribution in [0.5, 0.6) is 0 Å². The van der Waals surface area contributed by atoms with Crippen molar-refractivity contribution < 1.29 is 22.3 Å².